The van der Waals surface area contributed by atoms with Crippen molar-refractivity contribution in [3.8, 4) is 0 Å². The van der Waals surface area contributed by atoms with E-state index in [2.05, 4.69) is 32.9 Å². The fraction of sp³-hybridized carbons (Fsp3) is 0.600. The first-order valence-corrected chi connectivity index (χ1v) is 9.73. The lowest BCUT2D eigenvalue weighted by Gasteiger charge is -2.17. The van der Waals surface area contributed by atoms with E-state index in [-0.39, 0.29) is 6.04 Å². The first-order valence-electron chi connectivity index (χ1n) is 7.46. The standard InChI is InChI=1S/C15H25BrN2O2S/c1-4-7-13(5-2)18-21(19,20)15-10-12(11-17-6-3)8-9-14(15)16/h8-10,13,17-18H,4-7,11H2,1-3H3. The third-order valence-electron chi connectivity index (χ3n) is 3.32. The molecule has 1 unspecified atom stereocenters. The molecule has 0 saturated heterocycles. The Bertz CT molecular complexity index is 547. The van der Waals surface area contributed by atoms with E-state index in [1.54, 1.807) is 12.1 Å². The molecule has 0 bridgehead atoms. The molecule has 0 heterocycles. The van der Waals surface area contributed by atoms with Crippen LogP contribution >= 0.6 is 15.9 Å². The molecular formula is C15H25BrN2O2S. The second kappa shape index (κ2) is 8.88. The lowest BCUT2D eigenvalue weighted by atomic mass is 10.1. The van der Waals surface area contributed by atoms with Gasteiger partial charge < -0.3 is 5.32 Å². The van der Waals surface area contributed by atoms with Crippen LogP contribution in [0.2, 0.25) is 0 Å². The number of hydrogen-bond acceptors (Lipinski definition) is 3. The summed E-state index contributed by atoms with van der Waals surface area (Å²) in [6.07, 6.45) is 2.61. The molecule has 4 nitrogen and oxygen atoms in total. The second-order valence-electron chi connectivity index (χ2n) is 5.06. The Morgan fingerprint density at radius 3 is 2.52 bits per heavy atom. The van der Waals surface area contributed by atoms with Gasteiger partial charge in [0, 0.05) is 17.1 Å². The molecule has 0 aromatic heterocycles. The summed E-state index contributed by atoms with van der Waals surface area (Å²) in [5.74, 6) is 0. The number of rotatable bonds is 9. The fourth-order valence-corrected chi connectivity index (χ4v) is 4.48. The van der Waals surface area contributed by atoms with Gasteiger partial charge in [-0.3, -0.25) is 0 Å². The molecule has 0 aliphatic carbocycles. The summed E-state index contributed by atoms with van der Waals surface area (Å²) in [4.78, 5) is 0.312. The molecule has 6 heteroatoms. The summed E-state index contributed by atoms with van der Waals surface area (Å²) in [5.41, 5.74) is 0.962. The molecule has 0 fully saturated rings. The maximum atomic E-state index is 12.6. The van der Waals surface area contributed by atoms with Crippen molar-refractivity contribution in [2.75, 3.05) is 6.54 Å². The molecule has 0 aliphatic heterocycles. The quantitative estimate of drug-likeness (QED) is 0.693. The predicted octanol–water partition coefficient (Wildman–Crippen LogP) is 3.42. The Kier molecular flexibility index (Phi) is 7.87. The van der Waals surface area contributed by atoms with E-state index in [1.807, 2.05) is 19.9 Å². The van der Waals surface area contributed by atoms with Crippen molar-refractivity contribution in [2.45, 2.75) is 57.5 Å². The molecule has 21 heavy (non-hydrogen) atoms. The maximum Gasteiger partial charge on any atom is 0.241 e. The van der Waals surface area contributed by atoms with Crippen molar-refractivity contribution in [1.82, 2.24) is 10.0 Å². The van der Waals surface area contributed by atoms with Gasteiger partial charge in [-0.15, -0.1) is 0 Å². The van der Waals surface area contributed by atoms with Crippen molar-refractivity contribution in [2.24, 2.45) is 0 Å². The molecule has 1 aromatic carbocycles. The molecule has 1 aromatic rings. The summed E-state index contributed by atoms with van der Waals surface area (Å²) in [6.45, 7) is 7.60. The minimum atomic E-state index is -3.50. The van der Waals surface area contributed by atoms with Crippen LogP contribution in [0.3, 0.4) is 0 Å². The minimum Gasteiger partial charge on any atom is -0.313 e. The van der Waals surface area contributed by atoms with Gasteiger partial charge >= 0.3 is 0 Å². The summed E-state index contributed by atoms with van der Waals surface area (Å²) in [6, 6.07) is 5.44. The zero-order valence-corrected chi connectivity index (χ0v) is 15.4. The first kappa shape index (κ1) is 18.6. The highest BCUT2D eigenvalue weighted by Crippen LogP contribution is 2.24. The van der Waals surface area contributed by atoms with Crippen LogP contribution < -0.4 is 10.0 Å². The SMILES string of the molecule is CCCC(CC)NS(=O)(=O)c1cc(CNCC)ccc1Br. The van der Waals surface area contributed by atoms with Crippen LogP contribution in [0, 0.1) is 0 Å². The summed E-state index contributed by atoms with van der Waals surface area (Å²) in [7, 11) is -3.50. The third kappa shape index (κ3) is 5.70. The lowest BCUT2D eigenvalue weighted by Crippen LogP contribution is -2.34. The number of benzene rings is 1. The van der Waals surface area contributed by atoms with Crippen molar-refractivity contribution >= 4 is 26.0 Å². The van der Waals surface area contributed by atoms with Gasteiger partial charge in [0.2, 0.25) is 10.0 Å². The highest BCUT2D eigenvalue weighted by atomic mass is 79.9. The summed E-state index contributed by atoms with van der Waals surface area (Å²) >= 11 is 3.35. The van der Waals surface area contributed by atoms with Gasteiger partial charge in [0.1, 0.15) is 0 Å². The average Bonchev–Trinajstić information content (AvgIpc) is 2.45. The van der Waals surface area contributed by atoms with Gasteiger partial charge in [0.15, 0.2) is 0 Å². The van der Waals surface area contributed by atoms with E-state index in [0.717, 1.165) is 31.4 Å². The van der Waals surface area contributed by atoms with Gasteiger partial charge in [0.05, 0.1) is 4.90 Å². The largest absolute Gasteiger partial charge is 0.313 e. The molecule has 0 radical (unpaired) electrons. The monoisotopic (exact) mass is 376 g/mol. The van der Waals surface area contributed by atoms with Crippen LogP contribution in [0.25, 0.3) is 0 Å². The zero-order chi connectivity index (χ0) is 15.9. The average molecular weight is 377 g/mol. The van der Waals surface area contributed by atoms with Gasteiger partial charge in [-0.1, -0.05) is 33.3 Å². The number of hydrogen-bond donors (Lipinski definition) is 2. The van der Waals surface area contributed by atoms with Crippen molar-refractivity contribution < 1.29 is 8.42 Å². The number of halogens is 1. The predicted molar refractivity (Wildman–Crippen MR) is 90.8 cm³/mol. The van der Waals surface area contributed by atoms with E-state index >= 15 is 0 Å². The minimum absolute atomic E-state index is 0.00989. The van der Waals surface area contributed by atoms with Crippen LogP contribution in [0.1, 0.15) is 45.6 Å². The third-order valence-corrected chi connectivity index (χ3v) is 5.83. The Labute approximate surface area is 136 Å². The Morgan fingerprint density at radius 1 is 1.24 bits per heavy atom. The Hall–Kier alpha value is -0.430. The zero-order valence-electron chi connectivity index (χ0n) is 12.9. The van der Waals surface area contributed by atoms with Crippen LogP contribution in [-0.4, -0.2) is 21.0 Å². The molecule has 120 valence electrons. The van der Waals surface area contributed by atoms with Crippen LogP contribution in [0.15, 0.2) is 27.6 Å². The van der Waals surface area contributed by atoms with Gasteiger partial charge in [0.25, 0.3) is 0 Å². The van der Waals surface area contributed by atoms with E-state index in [0.29, 0.717) is 15.9 Å². The van der Waals surface area contributed by atoms with E-state index in [9.17, 15) is 8.42 Å². The van der Waals surface area contributed by atoms with Crippen molar-refractivity contribution in [3.63, 3.8) is 0 Å². The molecule has 0 aliphatic rings. The van der Waals surface area contributed by atoms with Crippen molar-refractivity contribution in [3.05, 3.63) is 28.2 Å². The van der Waals surface area contributed by atoms with E-state index in [1.165, 1.54) is 0 Å². The van der Waals surface area contributed by atoms with E-state index in [4.69, 9.17) is 0 Å². The highest BCUT2D eigenvalue weighted by molar-refractivity contribution is 9.10. The fourth-order valence-electron chi connectivity index (χ4n) is 2.11. The summed E-state index contributed by atoms with van der Waals surface area (Å²) in [5, 5.41) is 3.20. The number of sulfonamides is 1. The molecule has 0 saturated carbocycles. The van der Waals surface area contributed by atoms with Crippen LogP contribution in [0.4, 0.5) is 0 Å². The van der Waals surface area contributed by atoms with Crippen LogP contribution in [0.5, 0.6) is 0 Å². The normalized spacial score (nSPS) is 13.3. The molecular weight excluding hydrogens is 352 g/mol. The smallest absolute Gasteiger partial charge is 0.241 e. The van der Waals surface area contributed by atoms with Gasteiger partial charge in [-0.25, -0.2) is 13.1 Å². The van der Waals surface area contributed by atoms with Gasteiger partial charge in [-0.05, 0) is 53.0 Å². The molecule has 1 rings (SSSR count). The molecule has 2 N–H and O–H groups in total. The maximum absolute atomic E-state index is 12.6. The molecule has 1 atom stereocenters. The van der Waals surface area contributed by atoms with E-state index < -0.39 is 10.0 Å². The first-order chi connectivity index (χ1) is 9.94. The second-order valence-corrected chi connectivity index (χ2v) is 7.60. The molecule has 0 spiro atoms. The topological polar surface area (TPSA) is 58.2 Å². The Balaban J connectivity index is 3.00. The highest BCUT2D eigenvalue weighted by Gasteiger charge is 2.21. The Morgan fingerprint density at radius 2 is 1.95 bits per heavy atom. The van der Waals surface area contributed by atoms with Crippen molar-refractivity contribution in [1.29, 1.82) is 0 Å². The molecule has 0 amide bonds. The lowest BCUT2D eigenvalue weighted by molar-refractivity contribution is 0.512. The van der Waals surface area contributed by atoms with Gasteiger partial charge in [-0.2, -0.15) is 0 Å². The number of nitrogens with one attached hydrogen (secondary N) is 2. The van der Waals surface area contributed by atoms with Crippen LogP contribution in [-0.2, 0) is 16.6 Å². The summed E-state index contributed by atoms with van der Waals surface area (Å²) < 4.78 is 28.5.